The second kappa shape index (κ2) is 12.7. The molecule has 0 aromatic carbocycles. The summed E-state index contributed by atoms with van der Waals surface area (Å²) in [6.07, 6.45) is 2.87. The van der Waals surface area contributed by atoms with Crippen LogP contribution in [0.5, 0.6) is 0 Å². The molecule has 148 valence electrons. The third-order valence-electron chi connectivity index (χ3n) is 3.14. The van der Waals surface area contributed by atoms with Crippen molar-refractivity contribution >= 4 is 22.8 Å². The molecule has 1 aromatic heterocycles. The van der Waals surface area contributed by atoms with Crippen molar-refractivity contribution in [3.63, 3.8) is 0 Å². The van der Waals surface area contributed by atoms with Crippen LogP contribution < -0.4 is 108 Å². The molecule has 0 saturated carbocycles. The van der Waals surface area contributed by atoms with Crippen molar-refractivity contribution in [1.82, 2.24) is 4.57 Å². The molecule has 20 heteroatoms. The van der Waals surface area contributed by atoms with Crippen molar-refractivity contribution < 1.29 is 152 Å². The van der Waals surface area contributed by atoms with Gasteiger partial charge in [-0.3, -0.25) is 0 Å². The van der Waals surface area contributed by atoms with Crippen molar-refractivity contribution in [3.8, 4) is 0 Å². The molecule has 0 radical (unpaired) electrons. The summed E-state index contributed by atoms with van der Waals surface area (Å²) in [6, 6.07) is 0. The van der Waals surface area contributed by atoms with E-state index < -0.39 is 46.3 Å². The second-order valence-corrected chi connectivity index (χ2v) is 11.2. The third kappa shape index (κ3) is 9.19. The molecular formula is C8H16N2Na3O12P3. The van der Waals surface area contributed by atoms with Crippen LogP contribution in [-0.2, 0) is 26.8 Å². The van der Waals surface area contributed by atoms with Crippen LogP contribution in [0.25, 0.3) is 0 Å². The van der Waals surface area contributed by atoms with Crippen LogP contribution in [0.1, 0.15) is 6.92 Å². The molecule has 0 amide bonds. The summed E-state index contributed by atoms with van der Waals surface area (Å²) in [7, 11) is -17.1. The molecular weight excluding hydrogens is 478 g/mol. The van der Waals surface area contributed by atoms with Gasteiger partial charge in [0.15, 0.2) is 28.1 Å². The molecule has 0 aliphatic heterocycles. The molecule has 6 N–H and O–H groups in total. The molecule has 14 nitrogen and oxygen atoms in total. The minimum atomic E-state index is -5.97. The van der Waals surface area contributed by atoms with Crippen molar-refractivity contribution in [2.75, 3.05) is 0 Å². The molecule has 1 rings (SSSR count). The van der Waals surface area contributed by atoms with Gasteiger partial charge in [-0.25, -0.2) is 9.13 Å². The van der Waals surface area contributed by atoms with Crippen LogP contribution in [0.2, 0.25) is 0 Å². The summed E-state index contributed by atoms with van der Waals surface area (Å²) in [5.41, 5.74) is 0. The van der Waals surface area contributed by atoms with Gasteiger partial charge in [-0.2, -0.15) is 0 Å². The van der Waals surface area contributed by atoms with Gasteiger partial charge < -0.3 is 58.7 Å². The Bertz CT molecular complexity index is 733. The summed E-state index contributed by atoms with van der Waals surface area (Å²) in [5, 5.41) is 12.8. The fourth-order valence-electron chi connectivity index (χ4n) is 1.64. The topological polar surface area (TPSA) is 260 Å². The van der Waals surface area contributed by atoms with Gasteiger partial charge in [0.25, 0.3) is 0 Å². The summed E-state index contributed by atoms with van der Waals surface area (Å²) in [5.74, 6) is 0. The summed E-state index contributed by atoms with van der Waals surface area (Å²) in [6.45, 7) is -1.29. The maximum absolute atomic E-state index is 11.1. The molecule has 0 saturated heterocycles. The second-order valence-electron chi connectivity index (χ2n) is 5.31. The number of aliphatic hydroxyl groups is 2. The summed E-state index contributed by atoms with van der Waals surface area (Å²) >= 11 is 0. The number of nitrogens with zero attached hydrogens (tertiary/aromatic N) is 2. The van der Waals surface area contributed by atoms with Gasteiger partial charge in [0.1, 0.15) is 25.5 Å². The minimum absolute atomic E-state index is 0. The first-order valence-corrected chi connectivity index (χ1v) is 10.8. The van der Waals surface area contributed by atoms with Crippen LogP contribution in [-0.4, -0.2) is 45.4 Å². The van der Waals surface area contributed by atoms with Crippen LogP contribution in [0.4, 0.5) is 0 Å². The number of aromatic nitrogens is 2. The zero-order valence-electron chi connectivity index (χ0n) is 15.5. The summed E-state index contributed by atoms with van der Waals surface area (Å²) in [4.78, 5) is 59.8. The van der Waals surface area contributed by atoms with E-state index in [1.165, 1.54) is 0 Å². The van der Waals surface area contributed by atoms with Gasteiger partial charge in [-0.05, 0) is 6.92 Å². The monoisotopic (exact) mass is 494 g/mol. The number of imidazole rings is 1. The van der Waals surface area contributed by atoms with E-state index in [-0.39, 0.29) is 94.1 Å². The van der Waals surface area contributed by atoms with Crippen LogP contribution >= 0.6 is 22.8 Å². The minimum Gasteiger partial charge on any atom is -0.870 e. The smallest absolute Gasteiger partial charge is 0.870 e. The first kappa shape index (κ1) is 37.8. The van der Waals surface area contributed by atoms with E-state index in [9.17, 15) is 38.6 Å². The fraction of sp³-hybridized carbons (Fsp3) is 0.625. The van der Waals surface area contributed by atoms with E-state index in [1.807, 2.05) is 0 Å². The Balaban J connectivity index is -0.000000720. The van der Waals surface area contributed by atoms with E-state index in [1.54, 1.807) is 0 Å². The molecule has 28 heavy (non-hydrogen) atoms. The summed E-state index contributed by atoms with van der Waals surface area (Å²) < 4.78 is 34.8. The van der Waals surface area contributed by atoms with Gasteiger partial charge in [-0.1, -0.05) is 0 Å². The van der Waals surface area contributed by atoms with Crippen molar-refractivity contribution in [1.29, 1.82) is 0 Å². The van der Waals surface area contributed by atoms with E-state index in [0.717, 1.165) is 30.2 Å². The molecule has 0 aliphatic carbocycles. The van der Waals surface area contributed by atoms with E-state index in [4.69, 9.17) is 14.7 Å². The number of hydrogen-bond acceptors (Lipinski definition) is 9. The SMILES string of the molecule is CC(O)(C[n+]1ccn(CC(O)(P(=O)([O-])O)P(=O)([O-])O)c1)P(=O)([O-])O.[Na+].[Na+].[Na+].[OH-]. The van der Waals surface area contributed by atoms with E-state index in [2.05, 4.69) is 0 Å². The standard InChI is InChI=1S/C8H17N2O11P3.3Na.H2O/c1-7(11,22(13,14)15)4-9-2-3-10(6-9)5-8(12,23(16,17)18)24(19,20)21;;;;/h2-3,6,11-12H,4-5H2,1H3,(H5-,13,14,15,16,17,18,19,20,21);;;;1H2/q;3*+1;/p-3. The molecule has 1 aromatic rings. The first-order valence-electron chi connectivity index (χ1n) is 6.02. The Morgan fingerprint density at radius 3 is 1.68 bits per heavy atom. The van der Waals surface area contributed by atoms with E-state index >= 15 is 0 Å². The Morgan fingerprint density at radius 2 is 1.36 bits per heavy atom. The predicted molar refractivity (Wildman–Crippen MR) is 71.6 cm³/mol. The molecule has 0 aliphatic rings. The fourth-order valence-corrected chi connectivity index (χ4v) is 3.95. The first-order chi connectivity index (χ1) is 10.4. The largest absolute Gasteiger partial charge is 1.00 e. The number of rotatable bonds is 7. The van der Waals surface area contributed by atoms with Crippen molar-refractivity contribution in [3.05, 3.63) is 18.7 Å². The van der Waals surface area contributed by atoms with Crippen LogP contribution in [0.15, 0.2) is 18.7 Å². The normalized spacial score (nSPS) is 21.3. The van der Waals surface area contributed by atoms with Gasteiger partial charge in [0, 0.05) is 0 Å². The molecule has 0 bridgehead atoms. The van der Waals surface area contributed by atoms with Crippen LogP contribution in [0, 0.1) is 0 Å². The van der Waals surface area contributed by atoms with Gasteiger partial charge >= 0.3 is 88.7 Å². The molecule has 4 unspecified atom stereocenters. The van der Waals surface area contributed by atoms with E-state index in [0.29, 0.717) is 4.57 Å². The van der Waals surface area contributed by atoms with Crippen molar-refractivity contribution in [2.45, 2.75) is 30.4 Å². The zero-order valence-corrected chi connectivity index (χ0v) is 24.2. The maximum atomic E-state index is 11.1. The average molecular weight is 494 g/mol. The Hall–Kier alpha value is 2.54. The molecule has 0 fully saturated rings. The Labute approximate surface area is 226 Å². The maximum Gasteiger partial charge on any atom is 1.00 e. The molecule has 1 heterocycles. The van der Waals surface area contributed by atoms with Gasteiger partial charge in [0.05, 0.1) is 0 Å². The molecule has 4 atom stereocenters. The van der Waals surface area contributed by atoms with Crippen molar-refractivity contribution in [2.24, 2.45) is 0 Å². The Morgan fingerprint density at radius 1 is 0.964 bits per heavy atom. The van der Waals surface area contributed by atoms with Crippen LogP contribution in [0.3, 0.4) is 0 Å². The average Bonchev–Trinajstić information content (AvgIpc) is 2.70. The third-order valence-corrected chi connectivity index (χ3v) is 8.11. The quantitative estimate of drug-likeness (QED) is 0.134. The Kier molecular flexibility index (Phi) is 17.2. The molecule has 0 spiro atoms. The zero-order chi connectivity index (χ0) is 19.2. The van der Waals surface area contributed by atoms with Gasteiger partial charge in [0.2, 0.25) is 11.4 Å². The predicted octanol–water partition coefficient (Wildman–Crippen LogP) is -13.4. The number of hydrogen-bond donors (Lipinski definition) is 5. The van der Waals surface area contributed by atoms with Gasteiger partial charge in [-0.15, -0.1) is 0 Å².